The normalized spacial score (nSPS) is 17.7. The molecule has 0 radical (unpaired) electrons. The van der Waals surface area contributed by atoms with E-state index >= 15 is 0 Å². The van der Waals surface area contributed by atoms with Gasteiger partial charge >= 0.3 is 0 Å². The summed E-state index contributed by atoms with van der Waals surface area (Å²) >= 11 is 0. The van der Waals surface area contributed by atoms with Crippen molar-refractivity contribution in [1.29, 1.82) is 0 Å². The number of nitrogens with zero attached hydrogens (tertiary/aromatic N) is 1. The van der Waals surface area contributed by atoms with Crippen LogP contribution < -0.4 is 10.1 Å². The molecule has 1 amide bonds. The number of rotatable bonds is 7. The van der Waals surface area contributed by atoms with Gasteiger partial charge in [0, 0.05) is 36.2 Å². The third-order valence-electron chi connectivity index (χ3n) is 5.35. The molecule has 0 bridgehead atoms. The van der Waals surface area contributed by atoms with Crippen LogP contribution in [0.15, 0.2) is 62.9 Å². The van der Waals surface area contributed by atoms with Gasteiger partial charge in [-0.2, -0.15) is 0 Å². The van der Waals surface area contributed by atoms with E-state index in [1.165, 1.54) is 0 Å². The van der Waals surface area contributed by atoms with Crippen LogP contribution in [0.25, 0.3) is 11.0 Å². The Hall–Kier alpha value is -3.28. The Morgan fingerprint density at radius 3 is 2.97 bits per heavy atom. The lowest BCUT2D eigenvalue weighted by atomic mass is 9.94. The van der Waals surface area contributed by atoms with Crippen molar-refractivity contribution in [3.05, 3.63) is 64.8 Å². The standard InChI is InChI=1S/C24H26N2O4/c1-4-5-11-26-24(27)23-15(2)29-22-14-17(7-9-19(22)23)30-21-10-12-25-20-13-16(28-3)6-8-18(20)21/h6-10,12,14,20H,4-5,11,13H2,1-3H3,(H,26,27). The first-order valence-electron chi connectivity index (χ1n) is 10.3. The minimum Gasteiger partial charge on any atom is -0.501 e. The van der Waals surface area contributed by atoms with Crippen LogP contribution in [0.4, 0.5) is 0 Å². The van der Waals surface area contributed by atoms with Gasteiger partial charge in [0.05, 0.1) is 24.5 Å². The van der Waals surface area contributed by atoms with Crippen LogP contribution in [0.3, 0.4) is 0 Å². The number of unbranched alkanes of at least 4 members (excludes halogenated alkanes) is 1. The predicted octanol–water partition coefficient (Wildman–Crippen LogP) is 4.85. The molecular formula is C24H26N2O4. The number of hydrogen-bond acceptors (Lipinski definition) is 5. The smallest absolute Gasteiger partial charge is 0.255 e. The number of amides is 1. The van der Waals surface area contributed by atoms with E-state index in [9.17, 15) is 4.79 Å². The van der Waals surface area contributed by atoms with E-state index < -0.39 is 0 Å². The summed E-state index contributed by atoms with van der Waals surface area (Å²) in [4.78, 5) is 17.1. The lowest BCUT2D eigenvalue weighted by molar-refractivity contribution is 0.0953. The Balaban J connectivity index is 1.57. The van der Waals surface area contributed by atoms with E-state index in [0.717, 1.165) is 35.3 Å². The van der Waals surface area contributed by atoms with Crippen molar-refractivity contribution >= 4 is 23.1 Å². The third-order valence-corrected chi connectivity index (χ3v) is 5.35. The topological polar surface area (TPSA) is 73.1 Å². The van der Waals surface area contributed by atoms with Crippen molar-refractivity contribution in [3.8, 4) is 5.75 Å². The van der Waals surface area contributed by atoms with E-state index in [1.807, 2.05) is 43.4 Å². The van der Waals surface area contributed by atoms with Crippen LogP contribution in [0.5, 0.6) is 5.75 Å². The summed E-state index contributed by atoms with van der Waals surface area (Å²) in [6.07, 6.45) is 10.3. The first-order chi connectivity index (χ1) is 14.6. The Bertz CT molecular complexity index is 1090. The molecule has 1 aliphatic heterocycles. The number of hydrogen-bond donors (Lipinski definition) is 1. The fourth-order valence-corrected chi connectivity index (χ4v) is 3.74. The maximum absolute atomic E-state index is 12.6. The second-order valence-corrected chi connectivity index (χ2v) is 7.41. The fourth-order valence-electron chi connectivity index (χ4n) is 3.74. The first-order valence-corrected chi connectivity index (χ1v) is 10.3. The molecule has 1 aromatic carbocycles. The van der Waals surface area contributed by atoms with E-state index in [1.54, 1.807) is 13.3 Å². The number of nitrogens with one attached hydrogen (secondary N) is 1. The van der Waals surface area contributed by atoms with Crippen molar-refractivity contribution in [1.82, 2.24) is 5.32 Å². The van der Waals surface area contributed by atoms with Crippen LogP contribution in [-0.4, -0.2) is 31.8 Å². The van der Waals surface area contributed by atoms with Gasteiger partial charge in [0.1, 0.15) is 22.9 Å². The number of benzene rings is 1. The lowest BCUT2D eigenvalue weighted by Crippen LogP contribution is -2.24. The number of dihydropyridines is 1. The molecule has 2 heterocycles. The van der Waals surface area contributed by atoms with E-state index in [4.69, 9.17) is 13.9 Å². The minimum atomic E-state index is -0.101. The molecule has 4 rings (SSSR count). The number of fused-ring (bicyclic) bond motifs is 2. The molecule has 6 heteroatoms. The molecule has 0 spiro atoms. The summed E-state index contributed by atoms with van der Waals surface area (Å²) < 4.78 is 17.4. The number of furan rings is 1. The number of carbonyl (C=O) groups excluding carboxylic acids is 1. The molecule has 1 aliphatic carbocycles. The lowest BCUT2D eigenvalue weighted by Gasteiger charge is -2.25. The largest absolute Gasteiger partial charge is 0.501 e. The van der Waals surface area contributed by atoms with Crippen LogP contribution >= 0.6 is 0 Å². The van der Waals surface area contributed by atoms with Gasteiger partial charge in [-0.1, -0.05) is 13.3 Å². The summed E-state index contributed by atoms with van der Waals surface area (Å²) in [5.41, 5.74) is 2.24. The van der Waals surface area contributed by atoms with Crippen molar-refractivity contribution < 1.29 is 18.7 Å². The summed E-state index contributed by atoms with van der Waals surface area (Å²) in [7, 11) is 1.67. The molecule has 156 valence electrons. The SMILES string of the molecule is CCCCNC(=O)c1c(C)oc2cc(OC3=CC=NC4CC(OC)=CC=C34)ccc12. The fraction of sp³-hybridized carbons (Fsp3) is 0.333. The van der Waals surface area contributed by atoms with Crippen LogP contribution in [0.1, 0.15) is 42.3 Å². The zero-order chi connectivity index (χ0) is 21.1. The van der Waals surface area contributed by atoms with Gasteiger partial charge < -0.3 is 19.2 Å². The zero-order valence-corrected chi connectivity index (χ0v) is 17.5. The number of carbonyl (C=O) groups is 1. The minimum absolute atomic E-state index is 0.00189. The number of allylic oxidation sites excluding steroid dienone is 3. The highest BCUT2D eigenvalue weighted by atomic mass is 16.5. The highest BCUT2D eigenvalue weighted by Gasteiger charge is 2.25. The van der Waals surface area contributed by atoms with Crippen LogP contribution in [0, 0.1) is 6.92 Å². The quantitative estimate of drug-likeness (QED) is 0.667. The molecule has 0 fully saturated rings. The van der Waals surface area contributed by atoms with E-state index in [-0.39, 0.29) is 11.9 Å². The third kappa shape index (κ3) is 3.90. The number of aryl methyl sites for hydroxylation is 1. The zero-order valence-electron chi connectivity index (χ0n) is 17.5. The molecule has 1 unspecified atom stereocenters. The summed E-state index contributed by atoms with van der Waals surface area (Å²) in [6, 6.07) is 5.56. The van der Waals surface area contributed by atoms with Crippen molar-refractivity contribution in [3.63, 3.8) is 0 Å². The van der Waals surface area contributed by atoms with Gasteiger partial charge in [-0.05, 0) is 43.7 Å². The second-order valence-electron chi connectivity index (χ2n) is 7.41. The molecule has 0 saturated carbocycles. The van der Waals surface area contributed by atoms with Crippen LogP contribution in [-0.2, 0) is 4.74 Å². The molecule has 0 saturated heterocycles. The molecular weight excluding hydrogens is 380 g/mol. The van der Waals surface area contributed by atoms with Gasteiger partial charge in [-0.25, -0.2) is 0 Å². The van der Waals surface area contributed by atoms with Crippen molar-refractivity contribution in [2.75, 3.05) is 13.7 Å². The average molecular weight is 406 g/mol. The monoisotopic (exact) mass is 406 g/mol. The van der Waals surface area contributed by atoms with Gasteiger partial charge in [0.15, 0.2) is 0 Å². The van der Waals surface area contributed by atoms with Crippen molar-refractivity contribution in [2.24, 2.45) is 4.99 Å². The molecule has 2 aromatic rings. The molecule has 2 aliphatic rings. The second kappa shape index (κ2) is 8.61. The highest BCUT2D eigenvalue weighted by Crippen LogP contribution is 2.33. The van der Waals surface area contributed by atoms with Crippen LogP contribution in [0.2, 0.25) is 0 Å². The molecule has 1 N–H and O–H groups in total. The maximum atomic E-state index is 12.6. The predicted molar refractivity (Wildman–Crippen MR) is 117 cm³/mol. The number of methoxy groups -OCH3 is 1. The van der Waals surface area contributed by atoms with Gasteiger partial charge in [-0.15, -0.1) is 0 Å². The number of aliphatic imine (C=N–C) groups is 1. The molecule has 1 atom stereocenters. The Labute approximate surface area is 175 Å². The Morgan fingerprint density at radius 1 is 1.30 bits per heavy atom. The molecule has 1 aromatic heterocycles. The summed E-state index contributed by atoms with van der Waals surface area (Å²) in [5, 5.41) is 3.75. The average Bonchev–Trinajstić information content (AvgIpc) is 3.08. The van der Waals surface area contributed by atoms with E-state index in [2.05, 4.69) is 17.2 Å². The summed E-state index contributed by atoms with van der Waals surface area (Å²) in [6.45, 7) is 4.57. The molecule has 30 heavy (non-hydrogen) atoms. The number of ether oxygens (including phenoxy) is 2. The highest BCUT2D eigenvalue weighted by molar-refractivity contribution is 6.07. The molecule has 6 nitrogen and oxygen atoms in total. The summed E-state index contributed by atoms with van der Waals surface area (Å²) in [5.74, 6) is 2.81. The Morgan fingerprint density at radius 2 is 2.17 bits per heavy atom. The van der Waals surface area contributed by atoms with Crippen molar-refractivity contribution in [2.45, 2.75) is 39.2 Å². The Kier molecular flexibility index (Phi) is 5.74. The van der Waals surface area contributed by atoms with E-state index in [0.29, 0.717) is 35.6 Å². The van der Waals surface area contributed by atoms with Gasteiger partial charge in [0.25, 0.3) is 5.91 Å². The first kappa shape index (κ1) is 20.0. The van der Waals surface area contributed by atoms with Gasteiger partial charge in [0.2, 0.25) is 0 Å². The maximum Gasteiger partial charge on any atom is 0.255 e. The van der Waals surface area contributed by atoms with Gasteiger partial charge in [-0.3, -0.25) is 9.79 Å².